The maximum Gasteiger partial charge on any atom is 0.490 e. The minimum absolute atomic E-state index is 0.0221. The molecule has 0 atom stereocenters. The summed E-state index contributed by atoms with van der Waals surface area (Å²) < 4.78 is 90.4. The summed E-state index contributed by atoms with van der Waals surface area (Å²) in [5, 5.41) is 31.7. The number of carbonyl (C=O) groups excluding carboxylic acids is 1. The zero-order valence-electron chi connectivity index (χ0n) is 21.0. The van der Waals surface area contributed by atoms with Crippen LogP contribution in [0.3, 0.4) is 0 Å². The van der Waals surface area contributed by atoms with Crippen molar-refractivity contribution in [3.05, 3.63) is 65.2 Å². The summed E-state index contributed by atoms with van der Waals surface area (Å²) in [6, 6.07) is 12.6. The molecule has 2 rings (SSSR count). The molecule has 0 aliphatic heterocycles. The van der Waals surface area contributed by atoms with Crippen molar-refractivity contribution in [3.63, 3.8) is 0 Å². The van der Waals surface area contributed by atoms with Crippen molar-refractivity contribution in [1.29, 1.82) is 10.8 Å². The lowest BCUT2D eigenvalue weighted by Crippen LogP contribution is -2.30. The van der Waals surface area contributed by atoms with Gasteiger partial charge < -0.3 is 27.0 Å². The molecule has 10 N–H and O–H groups in total. The number of rotatable bonds is 9. The third-order valence-corrected chi connectivity index (χ3v) is 5.80. The van der Waals surface area contributed by atoms with Gasteiger partial charge in [0.05, 0.1) is 4.90 Å². The molecule has 232 valence electrons. The fourth-order valence-electron chi connectivity index (χ4n) is 2.30. The van der Waals surface area contributed by atoms with Gasteiger partial charge in [-0.05, 0) is 17.7 Å². The first-order chi connectivity index (χ1) is 19.1. The zero-order valence-corrected chi connectivity index (χ0v) is 21.8. The van der Waals surface area contributed by atoms with Crippen LogP contribution in [-0.4, -0.2) is 67.0 Å². The summed E-state index contributed by atoms with van der Waals surface area (Å²) in [5.74, 6) is -6.08. The maximum atomic E-state index is 12.3. The van der Waals surface area contributed by atoms with E-state index >= 15 is 0 Å². The van der Waals surface area contributed by atoms with Crippen molar-refractivity contribution in [2.45, 2.75) is 30.2 Å². The number of nitrogens with one attached hydrogen (secondary N) is 4. The van der Waals surface area contributed by atoms with E-state index in [1.165, 1.54) is 24.3 Å². The van der Waals surface area contributed by atoms with E-state index in [4.69, 9.17) is 42.1 Å². The van der Waals surface area contributed by atoms with Crippen LogP contribution in [0.15, 0.2) is 53.4 Å². The third-order valence-electron chi connectivity index (χ3n) is 4.34. The summed E-state index contributed by atoms with van der Waals surface area (Å²) in [6.07, 6.45) is -10.2. The number of nitrogens with two attached hydrogens (primary N) is 2. The van der Waals surface area contributed by atoms with Gasteiger partial charge in [0.25, 0.3) is 0 Å². The molecule has 0 aliphatic carbocycles. The van der Waals surface area contributed by atoms with E-state index in [-0.39, 0.29) is 42.0 Å². The second kappa shape index (κ2) is 15.9. The van der Waals surface area contributed by atoms with E-state index in [2.05, 4.69) is 10.0 Å². The topological polar surface area (TPSA) is 250 Å². The van der Waals surface area contributed by atoms with Crippen LogP contribution in [0.4, 0.5) is 26.3 Å². The van der Waals surface area contributed by atoms with E-state index < -0.39 is 34.3 Å². The standard InChI is InChI=1S/C18H22N6O3S.2C2HF3O2/c19-17(20)13-6-4-12(5-7-13)11-23-16(25)8-9-24-28(26,27)15-3-1-2-14(10-15)18(21)22;2*3-2(4,5)1(6)7/h1-7,10,24H,8-9,11H2,(H3,19,20)(H3,21,22)(H,23,25);2*(H,6,7). The van der Waals surface area contributed by atoms with E-state index in [9.17, 15) is 39.6 Å². The van der Waals surface area contributed by atoms with E-state index in [0.29, 0.717) is 11.1 Å². The average molecular weight is 631 g/mol. The monoisotopic (exact) mass is 630 g/mol. The number of amidine groups is 2. The van der Waals surface area contributed by atoms with Crippen molar-refractivity contribution in [2.75, 3.05) is 6.54 Å². The number of nitrogen functional groups attached to an aromatic ring is 2. The van der Waals surface area contributed by atoms with Crippen molar-refractivity contribution in [3.8, 4) is 0 Å². The maximum absolute atomic E-state index is 12.3. The Bertz CT molecular complexity index is 1360. The Morgan fingerprint density at radius 3 is 1.67 bits per heavy atom. The minimum Gasteiger partial charge on any atom is -0.475 e. The van der Waals surface area contributed by atoms with E-state index in [0.717, 1.165) is 5.56 Å². The molecule has 42 heavy (non-hydrogen) atoms. The molecule has 0 aromatic heterocycles. The summed E-state index contributed by atoms with van der Waals surface area (Å²) in [5.41, 5.74) is 12.5. The normalized spacial score (nSPS) is 11.1. The highest BCUT2D eigenvalue weighted by Crippen LogP contribution is 2.14. The lowest BCUT2D eigenvalue weighted by atomic mass is 10.1. The van der Waals surface area contributed by atoms with Crippen LogP contribution in [0.2, 0.25) is 0 Å². The van der Waals surface area contributed by atoms with E-state index in [1.54, 1.807) is 24.3 Å². The molecule has 0 bridgehead atoms. The van der Waals surface area contributed by atoms with Gasteiger partial charge in [-0.15, -0.1) is 0 Å². The zero-order chi connectivity index (χ0) is 32.9. The molecule has 0 saturated carbocycles. The van der Waals surface area contributed by atoms with Crippen molar-refractivity contribution in [2.24, 2.45) is 11.5 Å². The molecular formula is C22H24F6N6O7S. The van der Waals surface area contributed by atoms with Crippen LogP contribution in [0, 0.1) is 10.8 Å². The Kier molecular flexibility index (Phi) is 14.1. The number of sulfonamides is 1. The fraction of sp³-hybridized carbons (Fsp3) is 0.227. The minimum atomic E-state index is -5.08. The van der Waals surface area contributed by atoms with Crippen LogP contribution in [0.5, 0.6) is 0 Å². The Hall–Kier alpha value is -4.72. The van der Waals surface area contributed by atoms with Gasteiger partial charge in [-0.25, -0.2) is 22.7 Å². The Labute approximate surface area is 233 Å². The molecule has 0 saturated heterocycles. The van der Waals surface area contributed by atoms with Gasteiger partial charge in [0.1, 0.15) is 11.7 Å². The lowest BCUT2D eigenvalue weighted by molar-refractivity contribution is -0.193. The summed E-state index contributed by atoms with van der Waals surface area (Å²) in [6.45, 7) is 0.214. The summed E-state index contributed by atoms with van der Waals surface area (Å²) in [4.78, 5) is 29.7. The van der Waals surface area contributed by atoms with Crippen molar-refractivity contribution in [1.82, 2.24) is 10.0 Å². The second-order valence-corrected chi connectivity index (χ2v) is 9.35. The number of hydrogen-bond acceptors (Lipinski definition) is 7. The predicted molar refractivity (Wildman–Crippen MR) is 134 cm³/mol. The first kappa shape index (κ1) is 37.3. The third kappa shape index (κ3) is 14.6. The fourth-order valence-corrected chi connectivity index (χ4v) is 3.38. The first-order valence-corrected chi connectivity index (χ1v) is 12.3. The predicted octanol–water partition coefficient (Wildman–Crippen LogP) is 1.51. The highest BCUT2D eigenvalue weighted by molar-refractivity contribution is 7.89. The molecule has 0 radical (unpaired) electrons. The van der Waals surface area contributed by atoms with Gasteiger partial charge in [-0.2, -0.15) is 26.3 Å². The van der Waals surface area contributed by atoms with Crippen molar-refractivity contribution >= 4 is 39.5 Å². The molecule has 1 amide bonds. The molecule has 13 nitrogen and oxygen atoms in total. The molecular weight excluding hydrogens is 606 g/mol. The van der Waals surface area contributed by atoms with Gasteiger partial charge in [0.15, 0.2) is 0 Å². The summed E-state index contributed by atoms with van der Waals surface area (Å²) >= 11 is 0. The largest absolute Gasteiger partial charge is 0.490 e. The van der Waals surface area contributed by atoms with Gasteiger partial charge in [0, 0.05) is 30.6 Å². The second-order valence-electron chi connectivity index (χ2n) is 7.58. The van der Waals surface area contributed by atoms with Crippen LogP contribution in [0.25, 0.3) is 0 Å². The van der Waals surface area contributed by atoms with Crippen LogP contribution >= 0.6 is 0 Å². The number of hydrogen-bond donors (Lipinski definition) is 8. The number of carboxylic acid groups (broad SMARTS) is 2. The number of alkyl halides is 6. The molecule has 0 unspecified atom stereocenters. The number of benzene rings is 2. The number of amides is 1. The summed E-state index contributed by atoms with van der Waals surface area (Å²) in [7, 11) is -3.81. The molecule has 2 aromatic carbocycles. The van der Waals surface area contributed by atoms with E-state index in [1.807, 2.05) is 0 Å². The number of carbonyl (C=O) groups is 3. The van der Waals surface area contributed by atoms with Crippen LogP contribution in [-0.2, 0) is 31.0 Å². The Morgan fingerprint density at radius 2 is 1.26 bits per heavy atom. The SMILES string of the molecule is N=C(N)c1ccc(CNC(=O)CCNS(=O)(=O)c2cccc(C(=N)N)c2)cc1.O=C(O)C(F)(F)F.O=C(O)C(F)(F)F. The smallest absolute Gasteiger partial charge is 0.475 e. The van der Waals surface area contributed by atoms with Gasteiger partial charge in [-0.3, -0.25) is 15.6 Å². The average Bonchev–Trinajstić information content (AvgIpc) is 2.87. The number of halogens is 6. The molecule has 2 aromatic rings. The molecule has 0 aliphatic rings. The highest BCUT2D eigenvalue weighted by atomic mass is 32.2. The van der Waals surface area contributed by atoms with Crippen LogP contribution in [0.1, 0.15) is 23.1 Å². The van der Waals surface area contributed by atoms with Gasteiger partial charge in [-0.1, -0.05) is 36.4 Å². The molecule has 20 heteroatoms. The highest BCUT2D eigenvalue weighted by Gasteiger charge is 2.38. The van der Waals surface area contributed by atoms with Gasteiger partial charge >= 0.3 is 24.3 Å². The Balaban J connectivity index is 0.000000990. The quantitative estimate of drug-likeness (QED) is 0.113. The molecule has 0 spiro atoms. The lowest BCUT2D eigenvalue weighted by Gasteiger charge is -2.09. The number of carboxylic acids is 2. The van der Waals surface area contributed by atoms with Crippen molar-refractivity contribution < 1.29 is 59.4 Å². The van der Waals surface area contributed by atoms with Crippen LogP contribution < -0.4 is 21.5 Å². The molecule has 0 fully saturated rings. The Morgan fingerprint density at radius 1 is 0.810 bits per heavy atom. The first-order valence-electron chi connectivity index (χ1n) is 10.8. The number of aliphatic carboxylic acids is 2. The van der Waals surface area contributed by atoms with Gasteiger partial charge in [0.2, 0.25) is 15.9 Å². The molecule has 0 heterocycles.